The van der Waals surface area contributed by atoms with Gasteiger partial charge in [0.25, 0.3) is 0 Å². The van der Waals surface area contributed by atoms with E-state index in [1.165, 1.54) is 6.42 Å². The van der Waals surface area contributed by atoms with Crippen LogP contribution in [0, 0.1) is 11.8 Å². The van der Waals surface area contributed by atoms with Crippen molar-refractivity contribution in [1.82, 2.24) is 0 Å². The highest BCUT2D eigenvalue weighted by Gasteiger charge is 2.30. The average molecular weight is 158 g/mol. The number of hydrogen-bond acceptors (Lipinski definition) is 0. The summed E-state index contributed by atoms with van der Waals surface area (Å²) >= 11 is 0. The van der Waals surface area contributed by atoms with Crippen molar-refractivity contribution < 1.29 is 4.39 Å². The minimum Gasteiger partial charge on any atom is -0.247 e. The molecule has 2 unspecified atom stereocenters. The first-order chi connectivity index (χ1) is 5.29. The van der Waals surface area contributed by atoms with Gasteiger partial charge in [-0.3, -0.25) is 0 Å². The predicted octanol–water partition coefficient (Wildman–Crippen LogP) is 3.56. The van der Waals surface area contributed by atoms with E-state index in [-0.39, 0.29) is 0 Å². The van der Waals surface area contributed by atoms with Crippen LogP contribution in [0.15, 0.2) is 0 Å². The molecule has 66 valence electrons. The fourth-order valence-electron chi connectivity index (χ4n) is 2.20. The third-order valence-corrected chi connectivity index (χ3v) is 3.10. The molecule has 0 bridgehead atoms. The second-order valence-corrected chi connectivity index (χ2v) is 3.71. The molecule has 0 radical (unpaired) electrons. The van der Waals surface area contributed by atoms with Crippen molar-refractivity contribution in [2.24, 2.45) is 11.8 Å². The molecule has 0 amide bonds. The zero-order valence-electron chi connectivity index (χ0n) is 7.65. The molecule has 11 heavy (non-hydrogen) atoms. The zero-order valence-corrected chi connectivity index (χ0v) is 7.65. The maximum absolute atomic E-state index is 13.5. The van der Waals surface area contributed by atoms with Crippen LogP contribution in [0.3, 0.4) is 0 Å². The van der Waals surface area contributed by atoms with Crippen LogP contribution in [0.2, 0.25) is 0 Å². The van der Waals surface area contributed by atoms with Crippen LogP contribution in [0.5, 0.6) is 0 Å². The third-order valence-electron chi connectivity index (χ3n) is 3.10. The van der Waals surface area contributed by atoms with Crippen molar-refractivity contribution in [3.05, 3.63) is 0 Å². The number of hydrogen-bond donors (Lipinski definition) is 0. The molecule has 1 aliphatic rings. The Hall–Kier alpha value is -0.0700. The molecule has 1 rings (SSSR count). The molecule has 0 heterocycles. The first-order valence-electron chi connectivity index (χ1n) is 4.93. The molecule has 0 aromatic carbocycles. The van der Waals surface area contributed by atoms with Crippen LogP contribution in [-0.4, -0.2) is 6.17 Å². The van der Waals surface area contributed by atoms with Crippen molar-refractivity contribution in [2.45, 2.75) is 52.1 Å². The molecule has 0 aromatic rings. The number of alkyl halides is 1. The normalized spacial score (nSPS) is 39.0. The summed E-state index contributed by atoms with van der Waals surface area (Å²) in [5.74, 6) is 0.738. The molecule has 0 aromatic heterocycles. The quantitative estimate of drug-likeness (QED) is 0.576. The van der Waals surface area contributed by atoms with Crippen molar-refractivity contribution in [2.75, 3.05) is 0 Å². The van der Waals surface area contributed by atoms with Gasteiger partial charge in [-0.05, 0) is 24.7 Å². The fourth-order valence-corrected chi connectivity index (χ4v) is 2.20. The van der Waals surface area contributed by atoms with Crippen LogP contribution in [-0.2, 0) is 0 Å². The molecule has 0 saturated heterocycles. The van der Waals surface area contributed by atoms with Gasteiger partial charge in [0.15, 0.2) is 0 Å². The van der Waals surface area contributed by atoms with Gasteiger partial charge in [-0.1, -0.05) is 33.1 Å². The highest BCUT2D eigenvalue weighted by molar-refractivity contribution is 4.80. The Labute approximate surface area is 69.2 Å². The Morgan fingerprint density at radius 3 is 1.91 bits per heavy atom. The monoisotopic (exact) mass is 158 g/mol. The van der Waals surface area contributed by atoms with Gasteiger partial charge in [0.2, 0.25) is 0 Å². The van der Waals surface area contributed by atoms with E-state index < -0.39 is 6.17 Å². The van der Waals surface area contributed by atoms with Crippen molar-refractivity contribution in [1.29, 1.82) is 0 Å². The van der Waals surface area contributed by atoms with Crippen LogP contribution in [0.1, 0.15) is 46.0 Å². The molecule has 0 nitrogen and oxygen atoms in total. The maximum Gasteiger partial charge on any atom is 0.106 e. The molecule has 1 aliphatic carbocycles. The lowest BCUT2D eigenvalue weighted by molar-refractivity contribution is 0.0929. The first kappa shape index (κ1) is 9.02. The average Bonchev–Trinajstić information content (AvgIpc) is 2.05. The minimum absolute atomic E-state index is 0.369. The molecule has 0 spiro atoms. The molecule has 1 heteroatoms. The Kier molecular flexibility index (Phi) is 3.35. The van der Waals surface area contributed by atoms with Gasteiger partial charge >= 0.3 is 0 Å². The van der Waals surface area contributed by atoms with Gasteiger partial charge in [-0.2, -0.15) is 0 Å². The van der Waals surface area contributed by atoms with Crippen LogP contribution in [0.25, 0.3) is 0 Å². The second-order valence-electron chi connectivity index (χ2n) is 3.71. The summed E-state index contributed by atoms with van der Waals surface area (Å²) in [4.78, 5) is 0. The Balaban J connectivity index is 2.45. The van der Waals surface area contributed by atoms with E-state index in [1.807, 2.05) is 0 Å². The summed E-state index contributed by atoms with van der Waals surface area (Å²) in [6.45, 7) is 4.21. The lowest BCUT2D eigenvalue weighted by Gasteiger charge is -2.31. The molecular weight excluding hydrogens is 139 g/mol. The maximum atomic E-state index is 13.5. The topological polar surface area (TPSA) is 0 Å². The van der Waals surface area contributed by atoms with Crippen molar-refractivity contribution in [3.63, 3.8) is 0 Å². The molecule has 3 atom stereocenters. The van der Waals surface area contributed by atoms with Gasteiger partial charge in [0.1, 0.15) is 6.17 Å². The largest absolute Gasteiger partial charge is 0.247 e. The summed E-state index contributed by atoms with van der Waals surface area (Å²) < 4.78 is 13.5. The second kappa shape index (κ2) is 4.08. The zero-order chi connectivity index (χ0) is 8.27. The third kappa shape index (κ3) is 1.94. The van der Waals surface area contributed by atoms with Crippen molar-refractivity contribution >= 4 is 0 Å². The Morgan fingerprint density at radius 1 is 1.09 bits per heavy atom. The molecule has 0 aliphatic heterocycles. The van der Waals surface area contributed by atoms with E-state index in [0.29, 0.717) is 11.8 Å². The lowest BCUT2D eigenvalue weighted by Crippen LogP contribution is -2.28. The van der Waals surface area contributed by atoms with E-state index in [2.05, 4.69) is 13.8 Å². The Bertz CT molecular complexity index is 99.4. The Morgan fingerprint density at radius 2 is 1.55 bits per heavy atom. The van der Waals surface area contributed by atoms with E-state index in [1.54, 1.807) is 0 Å². The van der Waals surface area contributed by atoms with Crippen molar-refractivity contribution in [3.8, 4) is 0 Å². The summed E-state index contributed by atoms with van der Waals surface area (Å²) in [7, 11) is 0. The SMILES string of the molecule is CCC1CCC[C@@H](CC)C1F. The standard InChI is InChI=1S/C10H19F/c1-3-8-6-5-7-9(4-2)10(8)11/h8-10H,3-7H2,1-2H3/t8-,9?,10?/m1/s1. The van der Waals surface area contributed by atoms with Crippen LogP contribution < -0.4 is 0 Å². The molecular formula is C10H19F. The van der Waals surface area contributed by atoms with E-state index in [9.17, 15) is 4.39 Å². The number of rotatable bonds is 2. The summed E-state index contributed by atoms with van der Waals surface area (Å²) in [5, 5.41) is 0. The van der Waals surface area contributed by atoms with Gasteiger partial charge in [0.05, 0.1) is 0 Å². The highest BCUT2D eigenvalue weighted by atomic mass is 19.1. The molecule has 1 fully saturated rings. The van der Waals surface area contributed by atoms with Gasteiger partial charge < -0.3 is 0 Å². The van der Waals surface area contributed by atoms with Crippen LogP contribution in [0.4, 0.5) is 4.39 Å². The van der Waals surface area contributed by atoms with E-state index in [0.717, 1.165) is 25.7 Å². The first-order valence-corrected chi connectivity index (χ1v) is 4.93. The van der Waals surface area contributed by atoms with Gasteiger partial charge in [0, 0.05) is 0 Å². The van der Waals surface area contributed by atoms with Crippen LogP contribution >= 0.6 is 0 Å². The summed E-state index contributed by atoms with van der Waals surface area (Å²) in [6.07, 6.45) is 5.04. The van der Waals surface area contributed by atoms with E-state index in [4.69, 9.17) is 0 Å². The molecule has 0 N–H and O–H groups in total. The number of halogens is 1. The van der Waals surface area contributed by atoms with Gasteiger partial charge in [-0.25, -0.2) is 4.39 Å². The summed E-state index contributed by atoms with van der Waals surface area (Å²) in [5.41, 5.74) is 0. The fraction of sp³-hybridized carbons (Fsp3) is 1.00. The lowest BCUT2D eigenvalue weighted by atomic mass is 9.77. The van der Waals surface area contributed by atoms with E-state index >= 15 is 0 Å². The molecule has 1 saturated carbocycles. The summed E-state index contributed by atoms with van der Waals surface area (Å²) in [6, 6.07) is 0. The predicted molar refractivity (Wildman–Crippen MR) is 46.3 cm³/mol. The minimum atomic E-state index is -0.501. The highest BCUT2D eigenvalue weighted by Crippen LogP contribution is 2.35. The smallest absolute Gasteiger partial charge is 0.106 e. The van der Waals surface area contributed by atoms with Gasteiger partial charge in [-0.15, -0.1) is 0 Å².